The Kier molecular flexibility index (Phi) is 4.49. The third kappa shape index (κ3) is 3.76. The number of benzene rings is 1. The summed E-state index contributed by atoms with van der Waals surface area (Å²) in [7, 11) is 0. The van der Waals surface area contributed by atoms with Gasteiger partial charge in [-0.25, -0.2) is 4.79 Å². The molecule has 0 bridgehead atoms. The van der Waals surface area contributed by atoms with Gasteiger partial charge >= 0.3 is 11.7 Å². The molecule has 2 aromatic rings. The second-order valence-electron chi connectivity index (χ2n) is 4.00. The summed E-state index contributed by atoms with van der Waals surface area (Å²) in [6.45, 7) is -0.00279. The van der Waals surface area contributed by atoms with Crippen LogP contribution in [0.4, 0.5) is 5.69 Å². The summed E-state index contributed by atoms with van der Waals surface area (Å²) in [5, 5.41) is 19.8. The molecule has 0 saturated heterocycles. The van der Waals surface area contributed by atoms with Crippen LogP contribution in [0.5, 0.6) is 5.75 Å². The number of nitro groups is 1. The van der Waals surface area contributed by atoms with Crippen LogP contribution in [0.2, 0.25) is 0 Å². The molecule has 0 amide bonds. The molecule has 2 rings (SSSR count). The third-order valence-electron chi connectivity index (χ3n) is 2.57. The quantitative estimate of drug-likeness (QED) is 0.655. The van der Waals surface area contributed by atoms with Gasteiger partial charge in [0.2, 0.25) is 0 Å². The lowest BCUT2D eigenvalue weighted by Gasteiger charge is -2.07. The molecule has 8 heteroatoms. The van der Waals surface area contributed by atoms with Crippen LogP contribution in [0.3, 0.4) is 0 Å². The van der Waals surface area contributed by atoms with Gasteiger partial charge in [-0.1, -0.05) is 0 Å². The van der Waals surface area contributed by atoms with Gasteiger partial charge in [0.25, 0.3) is 0 Å². The van der Waals surface area contributed by atoms with Crippen LogP contribution in [0.15, 0.2) is 41.0 Å². The number of hydrogen-bond donors (Lipinski definition) is 1. The topological polar surface area (TPSA) is 103 Å². The number of nitro benzene ring substituents is 1. The van der Waals surface area contributed by atoms with E-state index < -0.39 is 10.9 Å². The number of carbonyl (C=O) groups is 1. The van der Waals surface area contributed by atoms with Crippen molar-refractivity contribution in [1.82, 2.24) is 4.98 Å². The monoisotopic (exact) mass is 352 g/mol. The van der Waals surface area contributed by atoms with Crippen molar-refractivity contribution in [2.24, 2.45) is 0 Å². The number of aromatic nitrogens is 1. The Morgan fingerprint density at radius 2 is 2.14 bits per heavy atom. The summed E-state index contributed by atoms with van der Waals surface area (Å²) >= 11 is 3.24. The first-order chi connectivity index (χ1) is 9.97. The van der Waals surface area contributed by atoms with E-state index in [9.17, 15) is 14.9 Å². The van der Waals surface area contributed by atoms with Crippen molar-refractivity contribution in [1.29, 1.82) is 0 Å². The maximum absolute atomic E-state index is 10.9. The second kappa shape index (κ2) is 6.31. The van der Waals surface area contributed by atoms with Crippen molar-refractivity contribution in [2.45, 2.75) is 6.61 Å². The van der Waals surface area contributed by atoms with Crippen LogP contribution in [-0.4, -0.2) is 21.0 Å². The van der Waals surface area contributed by atoms with Crippen molar-refractivity contribution in [3.63, 3.8) is 0 Å². The highest BCUT2D eigenvalue weighted by Crippen LogP contribution is 2.28. The van der Waals surface area contributed by atoms with E-state index >= 15 is 0 Å². The number of carboxylic acid groups (broad SMARTS) is 1. The zero-order valence-electron chi connectivity index (χ0n) is 10.5. The molecule has 1 aromatic carbocycles. The minimum absolute atomic E-state index is 0.00279. The Hall–Kier alpha value is -2.48. The van der Waals surface area contributed by atoms with Crippen LogP contribution in [-0.2, 0) is 6.61 Å². The molecule has 1 N–H and O–H groups in total. The Morgan fingerprint density at radius 3 is 2.71 bits per heavy atom. The van der Waals surface area contributed by atoms with Crippen molar-refractivity contribution in [3.05, 3.63) is 62.4 Å². The van der Waals surface area contributed by atoms with Crippen LogP contribution in [0.25, 0.3) is 0 Å². The minimum atomic E-state index is -1.18. The zero-order valence-corrected chi connectivity index (χ0v) is 12.1. The van der Waals surface area contributed by atoms with Crippen LogP contribution < -0.4 is 4.74 Å². The maximum atomic E-state index is 10.9. The predicted octanol–water partition coefficient (Wildman–Crippen LogP) is 3.03. The van der Waals surface area contributed by atoms with Gasteiger partial charge in [0.05, 0.1) is 16.2 Å². The van der Waals surface area contributed by atoms with Gasteiger partial charge in [-0.2, -0.15) is 0 Å². The molecule has 1 heterocycles. The Labute approximate surface area is 127 Å². The number of ether oxygens (including phenoxy) is 1. The molecule has 108 valence electrons. The highest BCUT2D eigenvalue weighted by Gasteiger charge is 2.18. The standard InChI is InChI=1S/C13H9BrN2O5/c14-9-2-3-10(15-6-9)7-21-12-5-8(13(17)18)1-4-11(12)16(19)20/h1-6H,7H2,(H,17,18). The molecule has 21 heavy (non-hydrogen) atoms. The molecule has 0 unspecified atom stereocenters. The number of pyridine rings is 1. The maximum Gasteiger partial charge on any atom is 0.335 e. The molecule has 0 radical (unpaired) electrons. The first-order valence-electron chi connectivity index (χ1n) is 5.72. The lowest BCUT2D eigenvalue weighted by molar-refractivity contribution is -0.385. The number of halogens is 1. The van der Waals surface area contributed by atoms with Crippen LogP contribution in [0.1, 0.15) is 16.1 Å². The molecule has 0 aliphatic rings. The van der Waals surface area contributed by atoms with Crippen LogP contribution in [0, 0.1) is 10.1 Å². The van der Waals surface area contributed by atoms with Crippen molar-refractivity contribution >= 4 is 27.6 Å². The summed E-state index contributed by atoms with van der Waals surface area (Å²) in [5.74, 6) is -1.29. The normalized spacial score (nSPS) is 10.1. The van der Waals surface area contributed by atoms with Gasteiger partial charge in [0, 0.05) is 22.8 Å². The molecule has 0 fully saturated rings. The van der Waals surface area contributed by atoms with Gasteiger partial charge in [-0.15, -0.1) is 0 Å². The smallest absolute Gasteiger partial charge is 0.335 e. The van der Waals surface area contributed by atoms with Gasteiger partial charge in [0.1, 0.15) is 6.61 Å². The lowest BCUT2D eigenvalue weighted by Crippen LogP contribution is -2.03. The van der Waals surface area contributed by atoms with E-state index in [0.717, 1.165) is 22.7 Å². The molecule has 0 aliphatic heterocycles. The number of rotatable bonds is 5. The van der Waals surface area contributed by atoms with Crippen molar-refractivity contribution in [3.8, 4) is 5.75 Å². The first-order valence-corrected chi connectivity index (χ1v) is 6.51. The molecule has 7 nitrogen and oxygen atoms in total. The fourth-order valence-electron chi connectivity index (χ4n) is 1.56. The SMILES string of the molecule is O=C(O)c1ccc([N+](=O)[O-])c(OCc2ccc(Br)cn2)c1. The third-order valence-corrected chi connectivity index (χ3v) is 3.04. The van der Waals surface area contributed by atoms with Gasteiger partial charge < -0.3 is 9.84 Å². The van der Waals surface area contributed by atoms with Crippen molar-refractivity contribution in [2.75, 3.05) is 0 Å². The minimum Gasteiger partial charge on any atom is -0.480 e. The predicted molar refractivity (Wildman–Crippen MR) is 76.3 cm³/mol. The van der Waals surface area contributed by atoms with Crippen LogP contribution >= 0.6 is 15.9 Å². The summed E-state index contributed by atoms with van der Waals surface area (Å²) in [6.07, 6.45) is 1.57. The first kappa shape index (κ1) is 14.9. The average Bonchev–Trinajstić information content (AvgIpc) is 2.46. The van der Waals surface area contributed by atoms with E-state index in [1.54, 1.807) is 18.3 Å². The fourth-order valence-corrected chi connectivity index (χ4v) is 1.79. The molecule has 0 atom stereocenters. The number of aromatic carboxylic acids is 1. The molecule has 0 spiro atoms. The number of nitrogens with zero attached hydrogens (tertiary/aromatic N) is 2. The molecule has 1 aromatic heterocycles. The molecule has 0 aliphatic carbocycles. The highest BCUT2D eigenvalue weighted by atomic mass is 79.9. The number of carboxylic acids is 1. The molecular weight excluding hydrogens is 344 g/mol. The summed E-state index contributed by atoms with van der Waals surface area (Å²) < 4.78 is 6.13. The molecule has 0 saturated carbocycles. The Balaban J connectivity index is 2.24. The van der Waals surface area contributed by atoms with E-state index in [1.807, 2.05) is 0 Å². The van der Waals surface area contributed by atoms with Gasteiger partial charge in [0.15, 0.2) is 5.75 Å². The lowest BCUT2D eigenvalue weighted by atomic mass is 10.2. The zero-order chi connectivity index (χ0) is 15.4. The Morgan fingerprint density at radius 1 is 1.38 bits per heavy atom. The summed E-state index contributed by atoms with van der Waals surface area (Å²) in [6, 6.07) is 6.84. The summed E-state index contributed by atoms with van der Waals surface area (Å²) in [4.78, 5) is 25.3. The van der Waals surface area contributed by atoms with E-state index in [4.69, 9.17) is 9.84 Å². The fraction of sp³-hybridized carbons (Fsp3) is 0.0769. The van der Waals surface area contributed by atoms with Gasteiger partial charge in [-0.05, 0) is 34.1 Å². The largest absolute Gasteiger partial charge is 0.480 e. The van der Waals surface area contributed by atoms with E-state index in [1.165, 1.54) is 0 Å². The second-order valence-corrected chi connectivity index (χ2v) is 4.92. The molecular formula is C13H9BrN2O5. The average molecular weight is 353 g/mol. The van der Waals surface area contributed by atoms with E-state index in [-0.39, 0.29) is 23.6 Å². The summed E-state index contributed by atoms with van der Waals surface area (Å²) in [5.41, 5.74) is 0.185. The van der Waals surface area contributed by atoms with Crippen molar-refractivity contribution < 1.29 is 19.6 Å². The van der Waals surface area contributed by atoms with E-state index in [0.29, 0.717) is 5.69 Å². The number of hydrogen-bond acceptors (Lipinski definition) is 5. The Bertz CT molecular complexity index is 687. The van der Waals surface area contributed by atoms with Gasteiger partial charge in [-0.3, -0.25) is 15.1 Å². The van der Waals surface area contributed by atoms with E-state index in [2.05, 4.69) is 20.9 Å². The highest BCUT2D eigenvalue weighted by molar-refractivity contribution is 9.10.